The summed E-state index contributed by atoms with van der Waals surface area (Å²) < 4.78 is 11.3. The molecule has 0 heterocycles. The molecule has 0 aliphatic heterocycles. The first kappa shape index (κ1) is 14.4. The SMILES string of the molecule is CC(C)Oc1cccc(C(N)COc2ccccc2)c1. The standard InChI is InChI=1S/C17H21NO2/c1-13(2)20-16-10-6-7-14(11-16)17(18)12-19-15-8-4-3-5-9-15/h3-11,13,17H,12,18H2,1-2H3. The molecule has 0 radical (unpaired) electrons. The van der Waals surface area contributed by atoms with Gasteiger partial charge < -0.3 is 15.2 Å². The van der Waals surface area contributed by atoms with Crippen molar-refractivity contribution in [3.8, 4) is 11.5 Å². The highest BCUT2D eigenvalue weighted by atomic mass is 16.5. The fourth-order valence-corrected chi connectivity index (χ4v) is 1.89. The highest BCUT2D eigenvalue weighted by molar-refractivity contribution is 5.31. The van der Waals surface area contributed by atoms with Gasteiger partial charge in [0.05, 0.1) is 12.1 Å². The van der Waals surface area contributed by atoms with Crippen LogP contribution in [0.1, 0.15) is 25.5 Å². The molecule has 0 aromatic heterocycles. The van der Waals surface area contributed by atoms with Crippen molar-refractivity contribution in [1.82, 2.24) is 0 Å². The molecule has 0 aliphatic carbocycles. The number of hydrogen-bond donors (Lipinski definition) is 1. The lowest BCUT2D eigenvalue weighted by molar-refractivity contribution is 0.241. The Labute approximate surface area is 120 Å². The van der Waals surface area contributed by atoms with Gasteiger partial charge in [-0.3, -0.25) is 0 Å². The Morgan fingerprint density at radius 1 is 0.950 bits per heavy atom. The zero-order valence-electron chi connectivity index (χ0n) is 12.0. The second kappa shape index (κ2) is 6.96. The van der Waals surface area contributed by atoms with Crippen molar-refractivity contribution in [2.45, 2.75) is 26.0 Å². The predicted octanol–water partition coefficient (Wildman–Crippen LogP) is 3.55. The predicted molar refractivity (Wildman–Crippen MR) is 81.1 cm³/mol. The molecule has 0 saturated carbocycles. The largest absolute Gasteiger partial charge is 0.492 e. The maximum absolute atomic E-state index is 6.16. The van der Waals surface area contributed by atoms with E-state index in [0.29, 0.717) is 6.61 Å². The van der Waals surface area contributed by atoms with Crippen LogP contribution in [0.2, 0.25) is 0 Å². The van der Waals surface area contributed by atoms with E-state index in [2.05, 4.69) is 0 Å². The van der Waals surface area contributed by atoms with Crippen molar-refractivity contribution in [3.63, 3.8) is 0 Å². The van der Waals surface area contributed by atoms with Gasteiger partial charge in [-0.1, -0.05) is 30.3 Å². The second-order valence-corrected chi connectivity index (χ2v) is 4.97. The third-order valence-corrected chi connectivity index (χ3v) is 2.83. The molecule has 0 amide bonds. The van der Waals surface area contributed by atoms with Crippen molar-refractivity contribution >= 4 is 0 Å². The van der Waals surface area contributed by atoms with E-state index < -0.39 is 0 Å². The number of hydrogen-bond acceptors (Lipinski definition) is 3. The van der Waals surface area contributed by atoms with Gasteiger partial charge in [0.1, 0.15) is 18.1 Å². The molecule has 0 bridgehead atoms. The van der Waals surface area contributed by atoms with Crippen LogP contribution in [0, 0.1) is 0 Å². The highest BCUT2D eigenvalue weighted by Crippen LogP contribution is 2.20. The molecule has 3 heteroatoms. The van der Waals surface area contributed by atoms with Crippen molar-refractivity contribution in [3.05, 3.63) is 60.2 Å². The topological polar surface area (TPSA) is 44.5 Å². The van der Waals surface area contributed by atoms with Crippen LogP contribution in [0.25, 0.3) is 0 Å². The Kier molecular flexibility index (Phi) is 5.02. The Morgan fingerprint density at radius 2 is 1.65 bits per heavy atom. The number of benzene rings is 2. The average Bonchev–Trinajstić information content (AvgIpc) is 2.45. The molecular weight excluding hydrogens is 250 g/mol. The quantitative estimate of drug-likeness (QED) is 0.873. The lowest BCUT2D eigenvalue weighted by Crippen LogP contribution is -2.19. The molecule has 106 valence electrons. The summed E-state index contributed by atoms with van der Waals surface area (Å²) in [6, 6.07) is 17.4. The molecule has 0 fully saturated rings. The minimum Gasteiger partial charge on any atom is -0.492 e. The summed E-state index contributed by atoms with van der Waals surface area (Å²) in [4.78, 5) is 0. The van der Waals surface area contributed by atoms with Gasteiger partial charge in [0.2, 0.25) is 0 Å². The zero-order valence-corrected chi connectivity index (χ0v) is 12.0. The Balaban J connectivity index is 1.96. The summed E-state index contributed by atoms with van der Waals surface area (Å²) in [5.74, 6) is 1.67. The molecule has 0 saturated heterocycles. The normalized spacial score (nSPS) is 12.2. The van der Waals surface area contributed by atoms with Crippen LogP contribution in [0.4, 0.5) is 0 Å². The molecule has 2 aromatic carbocycles. The third kappa shape index (κ3) is 4.28. The Bertz CT molecular complexity index is 526. The van der Waals surface area contributed by atoms with Crippen molar-refractivity contribution in [2.24, 2.45) is 5.73 Å². The molecule has 20 heavy (non-hydrogen) atoms. The zero-order chi connectivity index (χ0) is 14.4. The Hall–Kier alpha value is -2.00. The molecule has 1 unspecified atom stereocenters. The maximum atomic E-state index is 6.16. The lowest BCUT2D eigenvalue weighted by atomic mass is 10.1. The lowest BCUT2D eigenvalue weighted by Gasteiger charge is -2.16. The van der Waals surface area contributed by atoms with E-state index in [9.17, 15) is 0 Å². The van der Waals surface area contributed by atoms with Crippen LogP contribution in [0.3, 0.4) is 0 Å². The Morgan fingerprint density at radius 3 is 2.35 bits per heavy atom. The first-order chi connectivity index (χ1) is 9.65. The fraction of sp³-hybridized carbons (Fsp3) is 0.294. The van der Waals surface area contributed by atoms with Gasteiger partial charge in [0, 0.05) is 0 Å². The summed E-state index contributed by atoms with van der Waals surface area (Å²) in [5, 5.41) is 0. The van der Waals surface area contributed by atoms with E-state index >= 15 is 0 Å². The van der Waals surface area contributed by atoms with E-state index in [1.807, 2.05) is 68.4 Å². The summed E-state index contributed by atoms with van der Waals surface area (Å²) in [6.07, 6.45) is 0.155. The van der Waals surface area contributed by atoms with E-state index in [-0.39, 0.29) is 12.1 Å². The molecule has 0 aliphatic rings. The molecule has 3 nitrogen and oxygen atoms in total. The van der Waals surface area contributed by atoms with Crippen LogP contribution >= 0.6 is 0 Å². The highest BCUT2D eigenvalue weighted by Gasteiger charge is 2.08. The van der Waals surface area contributed by atoms with Gasteiger partial charge in [-0.2, -0.15) is 0 Å². The van der Waals surface area contributed by atoms with Crippen LogP contribution in [0.15, 0.2) is 54.6 Å². The van der Waals surface area contributed by atoms with Crippen molar-refractivity contribution in [1.29, 1.82) is 0 Å². The fourth-order valence-electron chi connectivity index (χ4n) is 1.89. The number of rotatable bonds is 6. The number of nitrogens with two attached hydrogens (primary N) is 1. The molecule has 2 aromatic rings. The summed E-state index contributed by atoms with van der Waals surface area (Å²) >= 11 is 0. The van der Waals surface area contributed by atoms with Crippen LogP contribution in [-0.2, 0) is 0 Å². The first-order valence-corrected chi connectivity index (χ1v) is 6.85. The van der Waals surface area contributed by atoms with Crippen molar-refractivity contribution < 1.29 is 9.47 Å². The summed E-state index contributed by atoms with van der Waals surface area (Å²) in [7, 11) is 0. The van der Waals surface area contributed by atoms with E-state index in [1.54, 1.807) is 0 Å². The van der Waals surface area contributed by atoms with Gasteiger partial charge in [0.15, 0.2) is 0 Å². The summed E-state index contributed by atoms with van der Waals surface area (Å²) in [6.45, 7) is 4.45. The third-order valence-electron chi connectivity index (χ3n) is 2.83. The molecule has 1 atom stereocenters. The summed E-state index contributed by atoms with van der Waals surface area (Å²) in [5.41, 5.74) is 7.18. The first-order valence-electron chi connectivity index (χ1n) is 6.85. The molecule has 0 spiro atoms. The van der Waals surface area contributed by atoms with Crippen LogP contribution < -0.4 is 15.2 Å². The minimum atomic E-state index is -0.175. The van der Waals surface area contributed by atoms with E-state index in [4.69, 9.17) is 15.2 Å². The molecule has 2 N–H and O–H groups in total. The van der Waals surface area contributed by atoms with Gasteiger partial charge in [-0.05, 0) is 43.7 Å². The minimum absolute atomic E-state index is 0.155. The molecular formula is C17H21NO2. The van der Waals surface area contributed by atoms with Gasteiger partial charge in [-0.25, -0.2) is 0 Å². The number of ether oxygens (including phenoxy) is 2. The maximum Gasteiger partial charge on any atom is 0.120 e. The molecule has 2 rings (SSSR count). The van der Waals surface area contributed by atoms with E-state index in [0.717, 1.165) is 17.1 Å². The monoisotopic (exact) mass is 271 g/mol. The van der Waals surface area contributed by atoms with Gasteiger partial charge in [-0.15, -0.1) is 0 Å². The number of para-hydroxylation sites is 1. The van der Waals surface area contributed by atoms with Crippen molar-refractivity contribution in [2.75, 3.05) is 6.61 Å². The second-order valence-electron chi connectivity index (χ2n) is 4.97. The van der Waals surface area contributed by atoms with Crippen LogP contribution in [-0.4, -0.2) is 12.7 Å². The smallest absolute Gasteiger partial charge is 0.120 e. The van der Waals surface area contributed by atoms with Crippen LogP contribution in [0.5, 0.6) is 11.5 Å². The van der Waals surface area contributed by atoms with E-state index in [1.165, 1.54) is 0 Å². The van der Waals surface area contributed by atoms with Gasteiger partial charge >= 0.3 is 0 Å². The average molecular weight is 271 g/mol. The van der Waals surface area contributed by atoms with Gasteiger partial charge in [0.25, 0.3) is 0 Å².